The first-order valence-electron chi connectivity index (χ1n) is 4.37. The number of nitrogens with zero attached hydrogens (tertiary/aromatic N) is 2. The van der Waals surface area contributed by atoms with E-state index in [0.717, 1.165) is 29.6 Å². The lowest BCUT2D eigenvalue weighted by atomic mass is 11.0. The maximum atomic E-state index is 5.11. The SMILES string of the molecule is CN(C)C(=S)SSSSC(=S)N(C)C.[SiH3]O[SiH3]. The average molecular weight is 383 g/mol. The molecule has 0 saturated carbocycles. The highest BCUT2D eigenvalue weighted by Gasteiger charge is 2.04. The summed E-state index contributed by atoms with van der Waals surface area (Å²) in [6.07, 6.45) is 0. The molecule has 0 rings (SSSR count). The molecule has 0 aromatic heterocycles. The van der Waals surface area contributed by atoms with Crippen molar-refractivity contribution in [2.24, 2.45) is 0 Å². The molecular weight excluding hydrogens is 365 g/mol. The Bertz CT molecular complexity index is 209. The summed E-state index contributed by atoms with van der Waals surface area (Å²) in [5, 5.41) is 0. The molecule has 0 aliphatic carbocycles. The van der Waals surface area contributed by atoms with Gasteiger partial charge in [0.1, 0.15) is 29.6 Å². The molecule has 0 aromatic rings. The molecule has 0 spiro atoms. The lowest BCUT2D eigenvalue weighted by Crippen LogP contribution is -2.15. The van der Waals surface area contributed by atoms with Crippen molar-refractivity contribution in [2.45, 2.75) is 0 Å². The minimum atomic E-state index is 0.874. The smallest absolute Gasteiger partial charge is 0.147 e. The number of thiocarbonyl (C=S) groups is 2. The van der Waals surface area contributed by atoms with Gasteiger partial charge in [-0.15, -0.1) is 0 Å². The van der Waals surface area contributed by atoms with Crippen LogP contribution in [0.2, 0.25) is 0 Å². The molecule has 102 valence electrons. The van der Waals surface area contributed by atoms with E-state index in [1.807, 2.05) is 38.0 Å². The summed E-state index contributed by atoms with van der Waals surface area (Å²) in [4.78, 5) is 3.84. The second-order valence-corrected chi connectivity index (χ2v) is 13.2. The van der Waals surface area contributed by atoms with Crippen LogP contribution in [0.4, 0.5) is 0 Å². The van der Waals surface area contributed by atoms with Gasteiger partial charge in [-0.05, 0) is 41.2 Å². The molecule has 0 atom stereocenters. The molecule has 0 amide bonds. The zero-order chi connectivity index (χ0) is 13.8. The third-order valence-electron chi connectivity index (χ3n) is 0.969. The highest BCUT2D eigenvalue weighted by Crippen LogP contribution is 2.44. The molecule has 0 fully saturated rings. The maximum absolute atomic E-state index is 5.11. The van der Waals surface area contributed by atoms with E-state index >= 15 is 0 Å². The van der Waals surface area contributed by atoms with Crippen molar-refractivity contribution in [3.8, 4) is 0 Å². The van der Waals surface area contributed by atoms with Crippen LogP contribution in [-0.2, 0) is 4.12 Å². The fourth-order valence-corrected chi connectivity index (χ4v) is 6.66. The van der Waals surface area contributed by atoms with Gasteiger partial charge in [-0.3, -0.25) is 0 Å². The largest absolute Gasteiger partial charge is 0.471 e. The second kappa shape index (κ2) is 14.0. The summed E-state index contributed by atoms with van der Waals surface area (Å²) in [6, 6.07) is 0. The van der Waals surface area contributed by atoms with Crippen molar-refractivity contribution in [3.05, 3.63) is 0 Å². The summed E-state index contributed by atoms with van der Waals surface area (Å²) in [6.45, 7) is 0. The van der Waals surface area contributed by atoms with E-state index in [-0.39, 0.29) is 0 Å². The average Bonchev–Trinajstić information content (AvgIpc) is 2.24. The predicted octanol–water partition coefficient (Wildman–Crippen LogP) is 0.921. The molecule has 17 heavy (non-hydrogen) atoms. The minimum Gasteiger partial charge on any atom is -0.471 e. The molecule has 0 N–H and O–H groups in total. The molecule has 0 aliphatic heterocycles. The third-order valence-corrected chi connectivity index (χ3v) is 8.79. The Kier molecular flexibility index (Phi) is 17.2. The molecule has 0 aliphatic rings. The Morgan fingerprint density at radius 2 is 1.12 bits per heavy atom. The predicted molar refractivity (Wildman–Crippen MR) is 104 cm³/mol. The van der Waals surface area contributed by atoms with Gasteiger partial charge in [0.2, 0.25) is 0 Å². The van der Waals surface area contributed by atoms with Crippen LogP contribution in [-0.4, -0.2) is 67.6 Å². The Morgan fingerprint density at radius 1 is 0.882 bits per heavy atom. The topological polar surface area (TPSA) is 15.7 Å². The summed E-state index contributed by atoms with van der Waals surface area (Å²) in [5.74, 6) is 0. The first kappa shape index (κ1) is 20.9. The van der Waals surface area contributed by atoms with Gasteiger partial charge in [0, 0.05) is 28.2 Å². The van der Waals surface area contributed by atoms with Crippen molar-refractivity contribution in [1.29, 1.82) is 0 Å². The van der Waals surface area contributed by atoms with Crippen molar-refractivity contribution < 1.29 is 4.12 Å². The zero-order valence-electron chi connectivity index (χ0n) is 10.8. The lowest BCUT2D eigenvalue weighted by molar-refractivity contribution is 0.648. The Balaban J connectivity index is 0. The van der Waals surface area contributed by atoms with Gasteiger partial charge < -0.3 is 13.9 Å². The number of hydrogen-bond acceptors (Lipinski definition) is 7. The van der Waals surface area contributed by atoms with E-state index in [2.05, 4.69) is 4.12 Å². The van der Waals surface area contributed by atoms with E-state index in [0.29, 0.717) is 0 Å². The molecule has 0 heterocycles. The van der Waals surface area contributed by atoms with Crippen molar-refractivity contribution in [3.63, 3.8) is 0 Å². The van der Waals surface area contributed by atoms with Gasteiger partial charge >= 0.3 is 0 Å². The fourth-order valence-electron chi connectivity index (χ4n) is 0.235. The van der Waals surface area contributed by atoms with Gasteiger partial charge in [0.25, 0.3) is 0 Å². The molecule has 11 heteroatoms. The third kappa shape index (κ3) is 15.5. The van der Waals surface area contributed by atoms with Crippen LogP contribution in [0, 0.1) is 0 Å². The van der Waals surface area contributed by atoms with E-state index in [1.54, 1.807) is 41.2 Å². The van der Waals surface area contributed by atoms with Crippen LogP contribution >= 0.6 is 65.7 Å². The van der Waals surface area contributed by atoms with Gasteiger partial charge in [-0.2, -0.15) is 0 Å². The lowest BCUT2D eigenvalue weighted by Gasteiger charge is -2.12. The fraction of sp³-hybridized carbons (Fsp3) is 0.667. The molecule has 0 unspecified atom stereocenters. The molecule has 0 aromatic carbocycles. The number of hydrogen-bond donors (Lipinski definition) is 0. The normalized spacial score (nSPS) is 9.41. The summed E-state index contributed by atoms with van der Waals surface area (Å²) < 4.78 is 6.28. The standard InChI is InChI=1S/C6H12N2S6.H6OSi2/c1-7(2)5(9)11-13-14-12-6(10)8(3)4;2-1-3/h1-4H3;2-3H3. The number of rotatable bonds is 3. The first-order valence-corrected chi connectivity index (χ1v) is 11.6. The van der Waals surface area contributed by atoms with Crippen molar-refractivity contribution in [2.75, 3.05) is 28.2 Å². The van der Waals surface area contributed by atoms with Gasteiger partial charge in [-0.1, -0.05) is 24.4 Å². The Labute approximate surface area is 136 Å². The van der Waals surface area contributed by atoms with Crippen LogP contribution in [0.5, 0.6) is 0 Å². The highest BCUT2D eigenvalue weighted by atomic mass is 33.7. The van der Waals surface area contributed by atoms with Crippen LogP contribution in [0.1, 0.15) is 0 Å². The van der Waals surface area contributed by atoms with Crippen LogP contribution in [0.25, 0.3) is 0 Å². The summed E-state index contributed by atoms with van der Waals surface area (Å²) in [5.41, 5.74) is 0. The molecule has 0 bridgehead atoms. The zero-order valence-corrected chi connectivity index (χ0v) is 19.7. The monoisotopic (exact) mass is 382 g/mol. The first-order chi connectivity index (χ1) is 7.86. The van der Waals surface area contributed by atoms with E-state index in [9.17, 15) is 0 Å². The van der Waals surface area contributed by atoms with Crippen molar-refractivity contribution in [1.82, 2.24) is 9.80 Å². The van der Waals surface area contributed by atoms with Crippen molar-refractivity contribution >= 4 is 95.3 Å². The van der Waals surface area contributed by atoms with E-state index < -0.39 is 0 Å². The van der Waals surface area contributed by atoms with E-state index in [1.165, 1.54) is 0 Å². The van der Waals surface area contributed by atoms with E-state index in [4.69, 9.17) is 24.4 Å². The minimum absolute atomic E-state index is 0.874. The Morgan fingerprint density at radius 3 is 1.29 bits per heavy atom. The second-order valence-electron chi connectivity index (χ2n) is 3.03. The highest BCUT2D eigenvalue weighted by molar-refractivity contribution is 9.29. The molecule has 0 saturated heterocycles. The van der Waals surface area contributed by atoms with Gasteiger partial charge in [0.05, 0.1) is 0 Å². The van der Waals surface area contributed by atoms with Gasteiger partial charge in [-0.25, -0.2) is 0 Å². The summed E-state index contributed by atoms with van der Waals surface area (Å²) in [7, 11) is 16.1. The maximum Gasteiger partial charge on any atom is 0.147 e. The van der Waals surface area contributed by atoms with Crippen LogP contribution in [0.15, 0.2) is 0 Å². The summed E-state index contributed by atoms with van der Waals surface area (Å²) >= 11 is 10.2. The molecular formula is C6H18N2OS6Si2. The van der Waals surface area contributed by atoms with Crippen LogP contribution < -0.4 is 0 Å². The Hall–Kier alpha value is 1.57. The molecule has 3 nitrogen and oxygen atoms in total. The van der Waals surface area contributed by atoms with Gasteiger partial charge in [0.15, 0.2) is 0 Å². The molecule has 0 radical (unpaired) electrons. The van der Waals surface area contributed by atoms with Crippen LogP contribution in [0.3, 0.4) is 0 Å². The quantitative estimate of drug-likeness (QED) is 0.304.